The van der Waals surface area contributed by atoms with Gasteiger partial charge in [0.05, 0.1) is 27.7 Å². The number of phosphoric ester groups is 1. The Morgan fingerprint density at radius 3 is 0.901 bits per heavy atom. The Morgan fingerprint density at radius 1 is 0.380 bits per heavy atom. The summed E-state index contributed by atoms with van der Waals surface area (Å²) in [7, 11) is 1.50. The number of esters is 2. The van der Waals surface area contributed by atoms with Crippen molar-refractivity contribution in [2.24, 2.45) is 0 Å². The van der Waals surface area contributed by atoms with Crippen LogP contribution in [-0.4, -0.2) is 74.9 Å². The SMILES string of the molecule is CCCCCCCCCCCCCCCCCCCCCCCCCCCCCCCCCCC(=O)OC(COC(=O)CCCCCCCCCCCCCCCCC)COP(=O)(O)OCC[N+](C)(C)C. The van der Waals surface area contributed by atoms with E-state index in [1.807, 2.05) is 21.1 Å². The fourth-order valence-electron chi connectivity index (χ4n) is 9.55. The van der Waals surface area contributed by atoms with Gasteiger partial charge in [-0.15, -0.1) is 0 Å². The maximum Gasteiger partial charge on any atom is 0.472 e. The van der Waals surface area contributed by atoms with Gasteiger partial charge in [0, 0.05) is 12.8 Å². The smallest absolute Gasteiger partial charge is 0.462 e. The number of unbranched alkanes of at least 4 members (excludes halogenated alkanes) is 45. The van der Waals surface area contributed by atoms with Gasteiger partial charge in [0.15, 0.2) is 6.10 Å². The molecule has 424 valence electrons. The summed E-state index contributed by atoms with van der Waals surface area (Å²) in [6, 6.07) is 0. The molecular formula is C61H123NO8P+. The molecule has 0 saturated carbocycles. The number of likely N-dealkylation sites (N-methyl/N-ethyl adjacent to an activating group) is 1. The predicted molar refractivity (Wildman–Crippen MR) is 303 cm³/mol. The second-order valence-corrected chi connectivity index (χ2v) is 24.3. The van der Waals surface area contributed by atoms with Crippen molar-refractivity contribution in [3.63, 3.8) is 0 Å². The summed E-state index contributed by atoms with van der Waals surface area (Å²) in [5.41, 5.74) is 0. The summed E-state index contributed by atoms with van der Waals surface area (Å²) in [4.78, 5) is 35.7. The number of ether oxygens (including phenoxy) is 2. The Labute approximate surface area is 442 Å². The number of rotatable bonds is 59. The van der Waals surface area contributed by atoms with Crippen molar-refractivity contribution in [2.75, 3.05) is 47.5 Å². The van der Waals surface area contributed by atoms with Gasteiger partial charge in [-0.2, -0.15) is 0 Å². The largest absolute Gasteiger partial charge is 0.472 e. The number of nitrogens with zero attached hydrogens (tertiary/aromatic N) is 1. The lowest BCUT2D eigenvalue weighted by atomic mass is 10.0. The molecular weight excluding hydrogens is 906 g/mol. The molecule has 0 bridgehead atoms. The summed E-state index contributed by atoms with van der Waals surface area (Å²) >= 11 is 0. The molecule has 0 rings (SSSR count). The minimum atomic E-state index is -4.38. The van der Waals surface area contributed by atoms with Crippen LogP contribution in [0.25, 0.3) is 0 Å². The molecule has 0 spiro atoms. The van der Waals surface area contributed by atoms with Crippen LogP contribution in [0.5, 0.6) is 0 Å². The van der Waals surface area contributed by atoms with Crippen LogP contribution < -0.4 is 0 Å². The maximum absolute atomic E-state index is 12.8. The minimum Gasteiger partial charge on any atom is -0.462 e. The first-order chi connectivity index (χ1) is 34.5. The van der Waals surface area contributed by atoms with E-state index in [2.05, 4.69) is 13.8 Å². The molecule has 71 heavy (non-hydrogen) atoms. The molecule has 0 aliphatic rings. The van der Waals surface area contributed by atoms with Crippen LogP contribution in [0.4, 0.5) is 0 Å². The average molecular weight is 1030 g/mol. The molecule has 0 fully saturated rings. The lowest BCUT2D eigenvalue weighted by Crippen LogP contribution is -2.37. The van der Waals surface area contributed by atoms with Crippen molar-refractivity contribution in [3.05, 3.63) is 0 Å². The number of hydrogen-bond acceptors (Lipinski definition) is 7. The van der Waals surface area contributed by atoms with Gasteiger partial charge in [0.25, 0.3) is 0 Å². The summed E-state index contributed by atoms with van der Waals surface area (Å²) in [5.74, 6) is -0.773. The van der Waals surface area contributed by atoms with Crippen LogP contribution in [0.1, 0.15) is 328 Å². The predicted octanol–water partition coefficient (Wildman–Crippen LogP) is 19.4. The van der Waals surface area contributed by atoms with Gasteiger partial charge in [-0.05, 0) is 12.8 Å². The fourth-order valence-corrected chi connectivity index (χ4v) is 10.3. The van der Waals surface area contributed by atoms with Crippen molar-refractivity contribution in [3.8, 4) is 0 Å². The summed E-state index contributed by atoms with van der Waals surface area (Å²) in [5, 5.41) is 0. The van der Waals surface area contributed by atoms with Crippen LogP contribution in [0.2, 0.25) is 0 Å². The second kappa shape index (κ2) is 53.8. The number of carbonyl (C=O) groups excluding carboxylic acids is 2. The Kier molecular flexibility index (Phi) is 53.1. The first-order valence-electron chi connectivity index (χ1n) is 31.3. The van der Waals surface area contributed by atoms with Crippen molar-refractivity contribution in [1.82, 2.24) is 0 Å². The van der Waals surface area contributed by atoms with Gasteiger partial charge < -0.3 is 18.9 Å². The quantitative estimate of drug-likeness (QED) is 0.0278. The maximum atomic E-state index is 12.8. The molecule has 0 aliphatic carbocycles. The van der Waals surface area contributed by atoms with Crippen molar-refractivity contribution < 1.29 is 42.1 Å². The number of hydrogen-bond donors (Lipinski definition) is 1. The van der Waals surface area contributed by atoms with Crippen LogP contribution in [0, 0.1) is 0 Å². The summed E-state index contributed by atoms with van der Waals surface area (Å²) in [6.45, 7) is 4.51. The second-order valence-electron chi connectivity index (χ2n) is 22.8. The van der Waals surface area contributed by atoms with Crippen LogP contribution in [-0.2, 0) is 32.7 Å². The molecule has 0 radical (unpaired) electrons. The highest BCUT2D eigenvalue weighted by molar-refractivity contribution is 7.47. The Balaban J connectivity index is 3.95. The van der Waals surface area contributed by atoms with Crippen molar-refractivity contribution >= 4 is 19.8 Å². The third-order valence-corrected chi connectivity index (χ3v) is 15.4. The molecule has 0 saturated heterocycles. The molecule has 9 nitrogen and oxygen atoms in total. The highest BCUT2D eigenvalue weighted by Crippen LogP contribution is 2.43. The Bertz CT molecular complexity index is 1160. The van der Waals surface area contributed by atoms with Gasteiger partial charge in [-0.25, -0.2) is 4.57 Å². The van der Waals surface area contributed by atoms with Gasteiger partial charge in [0.2, 0.25) is 0 Å². The van der Waals surface area contributed by atoms with E-state index in [-0.39, 0.29) is 25.6 Å². The lowest BCUT2D eigenvalue weighted by molar-refractivity contribution is -0.870. The van der Waals surface area contributed by atoms with E-state index in [4.69, 9.17) is 18.5 Å². The first-order valence-corrected chi connectivity index (χ1v) is 32.8. The summed E-state index contributed by atoms with van der Waals surface area (Å²) < 4.78 is 34.6. The van der Waals surface area contributed by atoms with Crippen LogP contribution in [0.3, 0.4) is 0 Å². The molecule has 10 heteroatoms. The third-order valence-electron chi connectivity index (χ3n) is 14.4. The lowest BCUT2D eigenvalue weighted by Gasteiger charge is -2.24. The molecule has 2 unspecified atom stereocenters. The van der Waals surface area contributed by atoms with E-state index in [9.17, 15) is 19.0 Å². The van der Waals surface area contributed by atoms with Crippen molar-refractivity contribution in [1.29, 1.82) is 0 Å². The highest BCUT2D eigenvalue weighted by Gasteiger charge is 2.27. The number of carbonyl (C=O) groups is 2. The zero-order valence-electron chi connectivity index (χ0n) is 48.3. The molecule has 0 aliphatic heterocycles. The molecule has 0 aromatic heterocycles. The van der Waals surface area contributed by atoms with Crippen LogP contribution in [0.15, 0.2) is 0 Å². The fraction of sp³-hybridized carbons (Fsp3) is 0.967. The van der Waals surface area contributed by atoms with E-state index in [0.717, 1.165) is 38.5 Å². The molecule has 2 atom stereocenters. The molecule has 0 amide bonds. The summed E-state index contributed by atoms with van der Waals surface area (Å²) in [6.07, 6.45) is 62.0. The highest BCUT2D eigenvalue weighted by atomic mass is 31.2. The third kappa shape index (κ3) is 58.1. The van der Waals surface area contributed by atoms with Crippen LogP contribution >= 0.6 is 7.82 Å². The molecule has 0 aromatic carbocycles. The molecule has 0 heterocycles. The Hall–Kier alpha value is -0.990. The van der Waals surface area contributed by atoms with E-state index >= 15 is 0 Å². The zero-order valence-corrected chi connectivity index (χ0v) is 49.1. The number of quaternary nitrogens is 1. The van der Waals surface area contributed by atoms with E-state index in [1.54, 1.807) is 0 Å². The van der Waals surface area contributed by atoms with E-state index in [0.29, 0.717) is 17.4 Å². The van der Waals surface area contributed by atoms with Gasteiger partial charge >= 0.3 is 19.8 Å². The standard InChI is InChI=1S/C61H122NO8P/c1-6-8-10-12-14-16-18-20-22-23-24-25-26-27-28-29-30-31-32-33-34-35-36-37-38-40-42-44-46-48-50-52-54-61(64)70-59(58-69-71(65,66)68-56-55-62(3,4)5)57-67-60(63)53-51-49-47-45-43-41-39-21-19-17-15-13-11-9-7-2/h59H,6-58H2,1-5H3/p+1. The topological polar surface area (TPSA) is 108 Å². The monoisotopic (exact) mass is 1030 g/mol. The molecule has 1 N–H and O–H groups in total. The van der Waals surface area contributed by atoms with E-state index in [1.165, 1.54) is 263 Å². The molecule has 0 aromatic rings. The minimum absolute atomic E-state index is 0.0374. The average Bonchev–Trinajstić information content (AvgIpc) is 3.33. The van der Waals surface area contributed by atoms with Gasteiger partial charge in [-0.1, -0.05) is 303 Å². The first kappa shape index (κ1) is 70.0. The normalized spacial score (nSPS) is 13.2. The Morgan fingerprint density at radius 2 is 0.634 bits per heavy atom. The van der Waals surface area contributed by atoms with Gasteiger partial charge in [0.1, 0.15) is 19.8 Å². The number of phosphoric acid groups is 1. The van der Waals surface area contributed by atoms with E-state index < -0.39 is 26.5 Å². The van der Waals surface area contributed by atoms with Crippen molar-refractivity contribution in [2.45, 2.75) is 335 Å². The zero-order chi connectivity index (χ0) is 52.0. The van der Waals surface area contributed by atoms with Gasteiger partial charge in [-0.3, -0.25) is 18.6 Å².